The molecule has 1 aromatic carbocycles. The van der Waals surface area contributed by atoms with E-state index in [2.05, 4.69) is 17.0 Å². The first-order valence-electron chi connectivity index (χ1n) is 7.31. The van der Waals surface area contributed by atoms with E-state index >= 15 is 0 Å². The number of nitrogens with zero attached hydrogens (tertiary/aromatic N) is 2. The minimum Gasteiger partial charge on any atom is -0.364 e. The number of rotatable bonds is 3. The van der Waals surface area contributed by atoms with Crippen LogP contribution >= 0.6 is 0 Å². The molecule has 19 heavy (non-hydrogen) atoms. The lowest BCUT2D eigenvalue weighted by Crippen LogP contribution is -2.43. The van der Waals surface area contributed by atoms with Gasteiger partial charge >= 0.3 is 0 Å². The van der Waals surface area contributed by atoms with Gasteiger partial charge in [-0.2, -0.15) is 5.26 Å². The minimum absolute atomic E-state index is 0.616. The van der Waals surface area contributed by atoms with E-state index in [4.69, 9.17) is 5.73 Å². The third-order valence-corrected chi connectivity index (χ3v) is 4.71. The van der Waals surface area contributed by atoms with Gasteiger partial charge in [0.1, 0.15) is 6.07 Å². The van der Waals surface area contributed by atoms with Crippen LogP contribution in [0, 0.1) is 17.2 Å². The highest BCUT2D eigenvalue weighted by Gasteiger charge is 2.40. The van der Waals surface area contributed by atoms with Crippen molar-refractivity contribution < 1.29 is 0 Å². The zero-order chi connectivity index (χ0) is 13.2. The van der Waals surface area contributed by atoms with Crippen LogP contribution in [0.3, 0.4) is 0 Å². The molecule has 3 nitrogen and oxygen atoms in total. The van der Waals surface area contributed by atoms with E-state index in [-0.39, 0.29) is 0 Å². The lowest BCUT2D eigenvalue weighted by molar-refractivity contribution is 0.326. The quantitative estimate of drug-likeness (QED) is 0.903. The number of piperidine rings is 1. The summed E-state index contributed by atoms with van der Waals surface area (Å²) in [5, 5.41) is 9.29. The maximum absolute atomic E-state index is 9.29. The molecule has 2 atom stereocenters. The SMILES string of the molecule is N#Cc1ccccc1N1C2CCC1CC(CCN)C2. The van der Waals surface area contributed by atoms with Crippen LogP contribution in [-0.4, -0.2) is 18.6 Å². The Balaban J connectivity index is 1.86. The first-order chi connectivity index (χ1) is 9.33. The van der Waals surface area contributed by atoms with Crippen LogP contribution in [-0.2, 0) is 0 Å². The van der Waals surface area contributed by atoms with Gasteiger partial charge in [0, 0.05) is 12.1 Å². The lowest BCUT2D eigenvalue weighted by atomic mass is 9.87. The molecule has 1 aromatic rings. The van der Waals surface area contributed by atoms with Crippen LogP contribution in [0.25, 0.3) is 0 Å². The molecule has 0 amide bonds. The topological polar surface area (TPSA) is 53.0 Å². The van der Waals surface area contributed by atoms with Crippen LogP contribution in [0.4, 0.5) is 5.69 Å². The zero-order valence-corrected chi connectivity index (χ0v) is 11.3. The van der Waals surface area contributed by atoms with Gasteiger partial charge in [-0.3, -0.25) is 0 Å². The van der Waals surface area contributed by atoms with Crippen LogP contribution < -0.4 is 10.6 Å². The number of nitriles is 1. The van der Waals surface area contributed by atoms with Crippen LogP contribution in [0.15, 0.2) is 24.3 Å². The highest BCUT2D eigenvalue weighted by Crippen LogP contribution is 2.43. The second kappa shape index (κ2) is 5.22. The number of fused-ring (bicyclic) bond motifs is 2. The summed E-state index contributed by atoms with van der Waals surface area (Å²) >= 11 is 0. The molecule has 0 radical (unpaired) electrons. The van der Waals surface area contributed by atoms with Crippen molar-refractivity contribution >= 4 is 5.69 Å². The molecule has 0 aromatic heterocycles. The van der Waals surface area contributed by atoms with Crippen molar-refractivity contribution in [3.8, 4) is 6.07 Å². The van der Waals surface area contributed by atoms with E-state index in [1.54, 1.807) is 0 Å². The molecule has 2 saturated heterocycles. The Labute approximate surface area is 115 Å². The summed E-state index contributed by atoms with van der Waals surface area (Å²) in [4.78, 5) is 2.52. The lowest BCUT2D eigenvalue weighted by Gasteiger charge is -2.41. The zero-order valence-electron chi connectivity index (χ0n) is 11.3. The van der Waals surface area contributed by atoms with E-state index in [1.165, 1.54) is 25.7 Å². The van der Waals surface area contributed by atoms with E-state index in [0.717, 1.165) is 30.1 Å². The van der Waals surface area contributed by atoms with E-state index in [1.807, 2.05) is 18.2 Å². The Morgan fingerprint density at radius 1 is 1.21 bits per heavy atom. The Hall–Kier alpha value is -1.53. The second-order valence-electron chi connectivity index (χ2n) is 5.84. The standard InChI is InChI=1S/C16H21N3/c17-8-7-12-9-14-5-6-15(10-12)19(14)16-4-2-1-3-13(16)11-18/h1-4,12,14-15H,5-10,17H2. The molecule has 2 aliphatic rings. The molecular formula is C16H21N3. The summed E-state index contributed by atoms with van der Waals surface area (Å²) in [6.07, 6.45) is 6.18. The third kappa shape index (κ3) is 2.21. The fourth-order valence-corrected chi connectivity index (χ4v) is 3.95. The summed E-state index contributed by atoms with van der Waals surface area (Å²) < 4.78 is 0. The Morgan fingerprint density at radius 2 is 1.89 bits per heavy atom. The first-order valence-corrected chi connectivity index (χ1v) is 7.31. The molecule has 0 spiro atoms. The van der Waals surface area contributed by atoms with Crippen molar-refractivity contribution in [2.24, 2.45) is 11.7 Å². The number of hydrogen-bond donors (Lipinski definition) is 1. The predicted molar refractivity (Wildman–Crippen MR) is 76.8 cm³/mol. The molecule has 3 heteroatoms. The Bertz CT molecular complexity index is 477. The average molecular weight is 255 g/mol. The number of nitrogens with two attached hydrogens (primary N) is 1. The minimum atomic E-state index is 0.616. The van der Waals surface area contributed by atoms with Crippen LogP contribution in [0.5, 0.6) is 0 Å². The van der Waals surface area contributed by atoms with Gasteiger partial charge in [-0.1, -0.05) is 12.1 Å². The number of para-hydroxylation sites is 1. The fraction of sp³-hybridized carbons (Fsp3) is 0.562. The Kier molecular flexibility index (Phi) is 3.44. The van der Waals surface area contributed by atoms with Gasteiger partial charge in [0.15, 0.2) is 0 Å². The van der Waals surface area contributed by atoms with Gasteiger partial charge in [0.05, 0.1) is 11.3 Å². The number of anilines is 1. The van der Waals surface area contributed by atoms with Crippen molar-refractivity contribution in [3.63, 3.8) is 0 Å². The van der Waals surface area contributed by atoms with Crippen molar-refractivity contribution in [1.29, 1.82) is 5.26 Å². The average Bonchev–Trinajstić information content (AvgIpc) is 2.70. The van der Waals surface area contributed by atoms with Crippen molar-refractivity contribution in [1.82, 2.24) is 0 Å². The smallest absolute Gasteiger partial charge is 0.101 e. The van der Waals surface area contributed by atoms with E-state index < -0.39 is 0 Å². The molecule has 2 unspecified atom stereocenters. The molecular weight excluding hydrogens is 234 g/mol. The third-order valence-electron chi connectivity index (χ3n) is 4.71. The second-order valence-corrected chi connectivity index (χ2v) is 5.84. The van der Waals surface area contributed by atoms with Gasteiger partial charge in [0.2, 0.25) is 0 Å². The molecule has 3 rings (SSSR count). The maximum Gasteiger partial charge on any atom is 0.101 e. The molecule has 2 heterocycles. The largest absolute Gasteiger partial charge is 0.364 e. The van der Waals surface area contributed by atoms with Crippen LogP contribution in [0.1, 0.15) is 37.7 Å². The Morgan fingerprint density at radius 3 is 2.53 bits per heavy atom. The molecule has 2 bridgehead atoms. The number of hydrogen-bond acceptors (Lipinski definition) is 3. The molecule has 2 aliphatic heterocycles. The molecule has 2 N–H and O–H groups in total. The summed E-state index contributed by atoms with van der Waals surface area (Å²) in [5.74, 6) is 0.785. The van der Waals surface area contributed by atoms with Gasteiger partial charge in [-0.15, -0.1) is 0 Å². The van der Waals surface area contributed by atoms with E-state index in [0.29, 0.717) is 12.1 Å². The van der Waals surface area contributed by atoms with E-state index in [9.17, 15) is 5.26 Å². The molecule has 2 fully saturated rings. The fourth-order valence-electron chi connectivity index (χ4n) is 3.95. The maximum atomic E-state index is 9.29. The van der Waals surface area contributed by atoms with Crippen molar-refractivity contribution in [2.75, 3.05) is 11.4 Å². The molecule has 0 saturated carbocycles. The molecule has 100 valence electrons. The monoisotopic (exact) mass is 255 g/mol. The van der Waals surface area contributed by atoms with Gasteiger partial charge < -0.3 is 10.6 Å². The summed E-state index contributed by atoms with van der Waals surface area (Å²) in [5.41, 5.74) is 7.66. The first kappa shape index (κ1) is 12.5. The highest BCUT2D eigenvalue weighted by atomic mass is 15.2. The van der Waals surface area contributed by atoms with Crippen LogP contribution in [0.2, 0.25) is 0 Å². The summed E-state index contributed by atoms with van der Waals surface area (Å²) in [6.45, 7) is 0.804. The van der Waals surface area contributed by atoms with Gasteiger partial charge in [-0.05, 0) is 56.7 Å². The summed E-state index contributed by atoms with van der Waals surface area (Å²) in [6, 6.07) is 11.6. The predicted octanol–water partition coefficient (Wildman–Crippen LogP) is 2.65. The number of benzene rings is 1. The van der Waals surface area contributed by atoms with Gasteiger partial charge in [-0.25, -0.2) is 0 Å². The van der Waals surface area contributed by atoms with Crippen molar-refractivity contribution in [2.45, 2.75) is 44.2 Å². The summed E-state index contributed by atoms with van der Waals surface area (Å²) in [7, 11) is 0. The van der Waals surface area contributed by atoms with Gasteiger partial charge in [0.25, 0.3) is 0 Å². The highest BCUT2D eigenvalue weighted by molar-refractivity contribution is 5.61. The normalized spacial score (nSPS) is 29.3. The molecule has 0 aliphatic carbocycles. The van der Waals surface area contributed by atoms with Crippen molar-refractivity contribution in [3.05, 3.63) is 29.8 Å².